The Balaban J connectivity index is 4.87. The third-order valence-electron chi connectivity index (χ3n) is 4.21. The zero-order valence-corrected chi connectivity index (χ0v) is 14.9. The summed E-state index contributed by atoms with van der Waals surface area (Å²) in [4.78, 5) is 35.7. The largest absolute Gasteiger partial charge is 0.386 e. The summed E-state index contributed by atoms with van der Waals surface area (Å²) in [6.07, 6.45) is 3.48. The summed E-state index contributed by atoms with van der Waals surface area (Å²) in [5.74, 6) is -3.08. The number of carbonyl (C=O) groups is 3. The first kappa shape index (κ1) is 23.4. The van der Waals surface area contributed by atoms with E-state index >= 15 is 0 Å². The number of hydrogen-bond donors (Lipinski definition) is 3. The van der Waals surface area contributed by atoms with E-state index in [0.717, 1.165) is 44.6 Å². The van der Waals surface area contributed by atoms with Crippen LogP contribution in [0.2, 0.25) is 0 Å². The van der Waals surface area contributed by atoms with Gasteiger partial charge in [0.25, 0.3) is 0 Å². The van der Waals surface area contributed by atoms with Crippen LogP contribution in [-0.2, 0) is 14.4 Å². The molecule has 6 nitrogen and oxygen atoms in total. The molecule has 0 aliphatic heterocycles. The van der Waals surface area contributed by atoms with E-state index in [1.165, 1.54) is 0 Å². The van der Waals surface area contributed by atoms with Crippen molar-refractivity contribution in [3.63, 3.8) is 0 Å². The lowest BCUT2D eigenvalue weighted by atomic mass is 9.81. The smallest absolute Gasteiger partial charge is 0.214 e. The van der Waals surface area contributed by atoms with E-state index in [9.17, 15) is 29.7 Å². The Morgan fingerprint density at radius 3 is 1.96 bits per heavy atom. The third-order valence-corrected chi connectivity index (χ3v) is 4.21. The Labute approximate surface area is 149 Å². The molecule has 0 heterocycles. The average molecular weight is 354 g/mol. The van der Waals surface area contributed by atoms with Crippen LogP contribution in [0.3, 0.4) is 0 Å². The maximum atomic E-state index is 12.3. The van der Waals surface area contributed by atoms with Crippen molar-refractivity contribution in [2.24, 2.45) is 0 Å². The molecule has 3 N–H and O–H groups in total. The fraction of sp³-hybridized carbons (Fsp3) is 0.632. The summed E-state index contributed by atoms with van der Waals surface area (Å²) in [7, 11) is 0. The second kappa shape index (κ2) is 11.8. The molecule has 142 valence electrons. The van der Waals surface area contributed by atoms with Gasteiger partial charge in [-0.05, 0) is 18.6 Å². The molecule has 0 rings (SSSR count). The van der Waals surface area contributed by atoms with Gasteiger partial charge in [0.15, 0.2) is 17.3 Å². The van der Waals surface area contributed by atoms with Crippen LogP contribution in [0.25, 0.3) is 0 Å². The van der Waals surface area contributed by atoms with Gasteiger partial charge in [-0.2, -0.15) is 0 Å². The van der Waals surface area contributed by atoms with E-state index in [1.807, 2.05) is 0 Å². The van der Waals surface area contributed by atoms with Crippen molar-refractivity contribution in [3.05, 3.63) is 25.3 Å². The normalized spacial score (nSPS) is 15.7. The van der Waals surface area contributed by atoms with Crippen LogP contribution in [-0.4, -0.2) is 50.5 Å². The van der Waals surface area contributed by atoms with E-state index in [2.05, 4.69) is 20.1 Å². The van der Waals surface area contributed by atoms with Crippen molar-refractivity contribution in [1.29, 1.82) is 0 Å². The molecule has 0 aromatic heterocycles. The molecule has 0 bridgehead atoms. The summed E-state index contributed by atoms with van der Waals surface area (Å²) in [5.41, 5.74) is -2.89. The van der Waals surface area contributed by atoms with Crippen LogP contribution in [0.5, 0.6) is 0 Å². The Morgan fingerprint density at radius 2 is 1.48 bits per heavy atom. The SMILES string of the molecule is C=CC(=O)C(O)C(O)C(O)(C(=O)C=C)C(=O)CCCCCCCCC. The van der Waals surface area contributed by atoms with Gasteiger partial charge in [-0.15, -0.1) is 0 Å². The number of hydrogen-bond acceptors (Lipinski definition) is 6. The Morgan fingerprint density at radius 1 is 0.960 bits per heavy atom. The molecule has 0 saturated heterocycles. The molecule has 0 aromatic rings. The highest BCUT2D eigenvalue weighted by atomic mass is 16.4. The van der Waals surface area contributed by atoms with Crippen molar-refractivity contribution < 1.29 is 29.7 Å². The summed E-state index contributed by atoms with van der Waals surface area (Å²) < 4.78 is 0. The van der Waals surface area contributed by atoms with Gasteiger partial charge in [-0.1, -0.05) is 58.6 Å². The maximum absolute atomic E-state index is 12.3. The number of ketones is 3. The predicted octanol–water partition coefficient (Wildman–Crippen LogP) is 1.66. The number of Topliss-reactive ketones (excluding diaryl/α,β-unsaturated/α-hetero) is 1. The van der Waals surface area contributed by atoms with Crippen LogP contribution in [0.1, 0.15) is 58.3 Å². The molecular formula is C19H30O6. The highest BCUT2D eigenvalue weighted by molar-refractivity contribution is 6.15. The second-order valence-electron chi connectivity index (χ2n) is 6.13. The van der Waals surface area contributed by atoms with Crippen molar-refractivity contribution in [3.8, 4) is 0 Å². The minimum atomic E-state index is -2.89. The lowest BCUT2D eigenvalue weighted by Gasteiger charge is -2.31. The molecule has 25 heavy (non-hydrogen) atoms. The van der Waals surface area contributed by atoms with Gasteiger partial charge in [-0.3, -0.25) is 14.4 Å². The molecule has 0 aromatic carbocycles. The fourth-order valence-electron chi connectivity index (χ4n) is 2.54. The molecule has 0 aliphatic rings. The van der Waals surface area contributed by atoms with E-state index in [0.29, 0.717) is 12.5 Å². The zero-order chi connectivity index (χ0) is 19.5. The van der Waals surface area contributed by atoms with Gasteiger partial charge in [0.05, 0.1) is 0 Å². The van der Waals surface area contributed by atoms with Crippen molar-refractivity contribution in [2.75, 3.05) is 0 Å². The number of rotatable bonds is 15. The molecule has 0 spiro atoms. The quantitative estimate of drug-likeness (QED) is 0.234. The Hall–Kier alpha value is -1.63. The third kappa shape index (κ3) is 6.65. The van der Waals surface area contributed by atoms with Gasteiger partial charge in [-0.25, -0.2) is 0 Å². The molecule has 3 unspecified atom stereocenters. The van der Waals surface area contributed by atoms with Gasteiger partial charge >= 0.3 is 0 Å². The summed E-state index contributed by atoms with van der Waals surface area (Å²) in [6.45, 7) is 8.47. The summed E-state index contributed by atoms with van der Waals surface area (Å²) in [6, 6.07) is 0. The van der Waals surface area contributed by atoms with Gasteiger partial charge in [0.2, 0.25) is 5.60 Å². The lowest BCUT2D eigenvalue weighted by molar-refractivity contribution is -0.171. The van der Waals surface area contributed by atoms with Crippen molar-refractivity contribution >= 4 is 17.3 Å². The summed E-state index contributed by atoms with van der Waals surface area (Å²) >= 11 is 0. The second-order valence-corrected chi connectivity index (χ2v) is 6.13. The molecule has 0 radical (unpaired) electrons. The van der Waals surface area contributed by atoms with Crippen molar-refractivity contribution in [1.82, 2.24) is 0 Å². The number of carbonyl (C=O) groups excluding carboxylic acids is 3. The van der Waals surface area contributed by atoms with Gasteiger partial charge < -0.3 is 15.3 Å². The van der Waals surface area contributed by atoms with E-state index in [1.54, 1.807) is 0 Å². The first-order valence-electron chi connectivity index (χ1n) is 8.72. The summed E-state index contributed by atoms with van der Waals surface area (Å²) in [5, 5.41) is 30.2. The predicted molar refractivity (Wildman–Crippen MR) is 95.0 cm³/mol. The molecule has 6 heteroatoms. The van der Waals surface area contributed by atoms with Crippen LogP contribution >= 0.6 is 0 Å². The highest BCUT2D eigenvalue weighted by Crippen LogP contribution is 2.22. The molecule has 0 saturated carbocycles. The average Bonchev–Trinajstić information content (AvgIpc) is 2.63. The molecule has 0 aliphatic carbocycles. The maximum Gasteiger partial charge on any atom is 0.214 e. The van der Waals surface area contributed by atoms with Crippen LogP contribution in [0.15, 0.2) is 25.3 Å². The molecule has 0 amide bonds. The zero-order valence-electron chi connectivity index (χ0n) is 14.9. The topological polar surface area (TPSA) is 112 Å². The van der Waals surface area contributed by atoms with E-state index in [4.69, 9.17) is 0 Å². The monoisotopic (exact) mass is 354 g/mol. The Bertz CT molecular complexity index is 484. The fourth-order valence-corrected chi connectivity index (χ4v) is 2.54. The van der Waals surface area contributed by atoms with Gasteiger partial charge in [0, 0.05) is 6.42 Å². The lowest BCUT2D eigenvalue weighted by Crippen LogP contribution is -2.60. The number of aliphatic hydroxyl groups is 3. The number of unbranched alkanes of at least 4 members (excludes halogenated alkanes) is 6. The van der Waals surface area contributed by atoms with Crippen molar-refractivity contribution in [2.45, 2.75) is 76.1 Å². The molecule has 3 atom stereocenters. The Kier molecular flexibility index (Phi) is 11.1. The molecular weight excluding hydrogens is 324 g/mol. The highest BCUT2D eigenvalue weighted by Gasteiger charge is 2.51. The minimum absolute atomic E-state index is 0.143. The first-order valence-corrected chi connectivity index (χ1v) is 8.72. The van der Waals surface area contributed by atoms with Crippen LogP contribution < -0.4 is 0 Å². The standard InChI is InChI=1S/C19H30O6/c1-4-7-8-9-10-11-12-13-16(22)19(25,15(21)6-3)18(24)17(23)14(20)5-2/h5-6,17-18,23-25H,2-4,7-13H2,1H3. The van der Waals surface area contributed by atoms with E-state index < -0.39 is 35.2 Å². The number of aliphatic hydroxyl groups excluding tert-OH is 2. The minimum Gasteiger partial charge on any atom is -0.386 e. The first-order chi connectivity index (χ1) is 11.8. The van der Waals surface area contributed by atoms with E-state index in [-0.39, 0.29) is 6.42 Å². The van der Waals surface area contributed by atoms with Crippen LogP contribution in [0, 0.1) is 0 Å². The van der Waals surface area contributed by atoms with Gasteiger partial charge in [0.1, 0.15) is 12.2 Å². The molecule has 0 fully saturated rings. The van der Waals surface area contributed by atoms with Crippen LogP contribution in [0.4, 0.5) is 0 Å².